The van der Waals surface area contributed by atoms with Crippen molar-refractivity contribution in [3.63, 3.8) is 0 Å². The second kappa shape index (κ2) is 7.64. The first-order chi connectivity index (χ1) is 9.94. The van der Waals surface area contributed by atoms with Crippen LogP contribution in [-0.2, 0) is 9.53 Å². The summed E-state index contributed by atoms with van der Waals surface area (Å²) >= 11 is 0. The first kappa shape index (κ1) is 17.8. The lowest BCUT2D eigenvalue weighted by atomic mass is 9.76. The Morgan fingerprint density at radius 3 is 2.38 bits per heavy atom. The van der Waals surface area contributed by atoms with Gasteiger partial charge in [0, 0.05) is 13.7 Å². The van der Waals surface area contributed by atoms with Gasteiger partial charge in [-0.2, -0.15) is 0 Å². The molecule has 1 aliphatic heterocycles. The summed E-state index contributed by atoms with van der Waals surface area (Å²) in [5, 5.41) is 12.3. The lowest BCUT2D eigenvalue weighted by Gasteiger charge is -2.37. The summed E-state index contributed by atoms with van der Waals surface area (Å²) < 4.78 is 5.55. The molecule has 2 atom stereocenters. The second-order valence-corrected chi connectivity index (χ2v) is 5.92. The Bertz CT molecular complexity index is 378. The number of hydrogen-bond acceptors (Lipinski definition) is 4. The van der Waals surface area contributed by atoms with E-state index in [-0.39, 0.29) is 23.9 Å². The van der Waals surface area contributed by atoms with Crippen molar-refractivity contribution in [3.05, 3.63) is 0 Å². The molecule has 1 fully saturated rings. The molecule has 1 saturated heterocycles. The number of hydrogen-bond donors (Lipinski definition) is 2. The molecule has 1 heterocycles. The average Bonchev–Trinajstić information content (AvgIpc) is 2.90. The molecule has 0 aromatic rings. The fourth-order valence-electron chi connectivity index (χ4n) is 3.37. The van der Waals surface area contributed by atoms with Crippen LogP contribution in [0.4, 0.5) is 0 Å². The van der Waals surface area contributed by atoms with E-state index in [0.717, 1.165) is 19.3 Å². The van der Waals surface area contributed by atoms with Gasteiger partial charge >= 0.3 is 0 Å². The highest BCUT2D eigenvalue weighted by molar-refractivity contribution is 6.06. The van der Waals surface area contributed by atoms with Gasteiger partial charge in [-0.1, -0.05) is 31.8 Å². The van der Waals surface area contributed by atoms with Gasteiger partial charge in [0.2, 0.25) is 5.91 Å². The Hall–Kier alpha value is -1.30. The first-order valence-electron chi connectivity index (χ1n) is 7.81. The topological polar surface area (TPSA) is 88.2 Å². The van der Waals surface area contributed by atoms with Gasteiger partial charge in [0.25, 0.3) is 0 Å². The highest BCUT2D eigenvalue weighted by atomic mass is 16.5. The highest BCUT2D eigenvalue weighted by Crippen LogP contribution is 2.34. The fraction of sp³-hybridized carbons (Fsp3) is 0.867. The number of carbonyl (C=O) groups excluding carboxylic acids is 1. The van der Waals surface area contributed by atoms with Crippen LogP contribution in [0.15, 0.2) is 5.16 Å². The number of nitrogens with two attached hydrogens (primary N) is 1. The molecule has 1 aliphatic rings. The Balaban J connectivity index is 3.08. The Morgan fingerprint density at radius 1 is 1.43 bits per heavy atom. The number of nitrogens with zero attached hydrogens (tertiary/aromatic N) is 2. The van der Waals surface area contributed by atoms with Gasteiger partial charge in [-0.3, -0.25) is 4.79 Å². The van der Waals surface area contributed by atoms with E-state index in [2.05, 4.69) is 5.16 Å². The highest BCUT2D eigenvalue weighted by Gasteiger charge is 2.45. The van der Waals surface area contributed by atoms with E-state index in [1.54, 1.807) is 11.9 Å². The minimum atomic E-state index is -0.907. The minimum Gasteiger partial charge on any atom is -0.409 e. The van der Waals surface area contributed by atoms with Gasteiger partial charge in [-0.05, 0) is 26.2 Å². The molecule has 2 unspecified atom stereocenters. The normalized spacial score (nSPS) is 23.3. The van der Waals surface area contributed by atoms with Crippen molar-refractivity contribution >= 4 is 11.7 Å². The van der Waals surface area contributed by atoms with Gasteiger partial charge in [0.15, 0.2) is 5.84 Å². The van der Waals surface area contributed by atoms with E-state index in [1.807, 2.05) is 20.8 Å². The number of oxime groups is 1. The van der Waals surface area contributed by atoms with Gasteiger partial charge in [0.1, 0.15) is 5.41 Å². The molecule has 0 aromatic carbocycles. The summed E-state index contributed by atoms with van der Waals surface area (Å²) in [6.45, 7) is 6.65. The number of likely N-dealkylation sites (N-methyl/N-ethyl adjacent to an activating group) is 1. The predicted octanol–water partition coefficient (Wildman–Crippen LogP) is 1.96. The summed E-state index contributed by atoms with van der Waals surface area (Å²) in [4.78, 5) is 14.8. The van der Waals surface area contributed by atoms with Crippen molar-refractivity contribution in [2.75, 3.05) is 13.7 Å². The molecule has 0 radical (unpaired) electrons. The zero-order valence-corrected chi connectivity index (χ0v) is 13.6. The third kappa shape index (κ3) is 3.48. The second-order valence-electron chi connectivity index (χ2n) is 5.92. The largest absolute Gasteiger partial charge is 0.409 e. The molecule has 0 bridgehead atoms. The molecule has 21 heavy (non-hydrogen) atoms. The van der Waals surface area contributed by atoms with E-state index in [9.17, 15) is 4.79 Å². The van der Waals surface area contributed by atoms with Gasteiger partial charge in [0.05, 0.1) is 12.1 Å². The van der Waals surface area contributed by atoms with Crippen molar-refractivity contribution in [1.82, 2.24) is 4.90 Å². The molecular weight excluding hydrogens is 270 g/mol. The van der Waals surface area contributed by atoms with E-state index in [4.69, 9.17) is 15.7 Å². The van der Waals surface area contributed by atoms with Gasteiger partial charge < -0.3 is 20.6 Å². The number of amidine groups is 1. The predicted molar refractivity (Wildman–Crippen MR) is 82.2 cm³/mol. The zero-order chi connectivity index (χ0) is 16.0. The molecule has 1 rings (SSSR count). The van der Waals surface area contributed by atoms with E-state index < -0.39 is 5.41 Å². The maximum absolute atomic E-state index is 13.1. The van der Waals surface area contributed by atoms with Gasteiger partial charge in [-0.25, -0.2) is 0 Å². The molecule has 0 spiro atoms. The SMILES string of the molecule is CCCC(CCC)(C(=O)N(C)C1CCOC1C)C(N)=NO. The molecule has 0 aromatic heterocycles. The van der Waals surface area contributed by atoms with Crippen LogP contribution in [0.2, 0.25) is 0 Å². The Kier molecular flexibility index (Phi) is 6.45. The Morgan fingerprint density at radius 2 is 2.00 bits per heavy atom. The third-order valence-electron chi connectivity index (χ3n) is 4.52. The molecule has 3 N–H and O–H groups in total. The number of amides is 1. The van der Waals surface area contributed by atoms with Crippen LogP contribution in [0.5, 0.6) is 0 Å². The molecule has 1 amide bonds. The summed E-state index contributed by atoms with van der Waals surface area (Å²) in [6, 6.07) is 0.0529. The van der Waals surface area contributed by atoms with Crippen LogP contribution in [0.1, 0.15) is 52.9 Å². The van der Waals surface area contributed by atoms with Crippen LogP contribution < -0.4 is 5.73 Å². The van der Waals surface area contributed by atoms with E-state index in [1.165, 1.54) is 0 Å². The van der Waals surface area contributed by atoms with Crippen LogP contribution in [0.3, 0.4) is 0 Å². The van der Waals surface area contributed by atoms with Crippen LogP contribution in [0.25, 0.3) is 0 Å². The van der Waals surface area contributed by atoms with Crippen molar-refractivity contribution in [1.29, 1.82) is 0 Å². The summed E-state index contributed by atoms with van der Waals surface area (Å²) in [5.74, 6) is -0.0431. The maximum Gasteiger partial charge on any atom is 0.236 e. The van der Waals surface area contributed by atoms with Crippen molar-refractivity contribution in [3.8, 4) is 0 Å². The summed E-state index contributed by atoms with van der Waals surface area (Å²) in [7, 11) is 1.79. The number of ether oxygens (including phenoxy) is 1. The summed E-state index contributed by atoms with van der Waals surface area (Å²) in [6.07, 6.45) is 3.61. The molecule has 0 aliphatic carbocycles. The Labute approximate surface area is 127 Å². The standard InChI is InChI=1S/C15H29N3O3/c1-5-8-15(9-6-2,13(16)17-20)14(19)18(4)12-7-10-21-11(12)3/h11-12,20H,5-10H2,1-4H3,(H2,16,17). The van der Waals surface area contributed by atoms with E-state index >= 15 is 0 Å². The molecule has 6 heteroatoms. The molecular formula is C15H29N3O3. The van der Waals surface area contributed by atoms with Crippen molar-refractivity contribution < 1.29 is 14.7 Å². The van der Waals surface area contributed by atoms with Gasteiger partial charge in [-0.15, -0.1) is 0 Å². The maximum atomic E-state index is 13.1. The average molecular weight is 299 g/mol. The smallest absolute Gasteiger partial charge is 0.236 e. The third-order valence-corrected chi connectivity index (χ3v) is 4.52. The minimum absolute atomic E-state index is 0.0205. The van der Waals surface area contributed by atoms with Crippen LogP contribution in [-0.4, -0.2) is 47.7 Å². The van der Waals surface area contributed by atoms with Crippen molar-refractivity contribution in [2.24, 2.45) is 16.3 Å². The zero-order valence-electron chi connectivity index (χ0n) is 13.6. The van der Waals surface area contributed by atoms with Crippen LogP contribution >= 0.6 is 0 Å². The lowest BCUT2D eigenvalue weighted by Crippen LogP contribution is -2.54. The number of rotatable bonds is 7. The van der Waals surface area contributed by atoms with Crippen molar-refractivity contribution in [2.45, 2.75) is 65.0 Å². The number of carbonyl (C=O) groups is 1. The lowest BCUT2D eigenvalue weighted by molar-refractivity contribution is -0.141. The van der Waals surface area contributed by atoms with E-state index in [0.29, 0.717) is 19.4 Å². The quantitative estimate of drug-likeness (QED) is 0.325. The van der Waals surface area contributed by atoms with Crippen LogP contribution in [0, 0.1) is 5.41 Å². The monoisotopic (exact) mass is 299 g/mol. The first-order valence-corrected chi connectivity index (χ1v) is 7.81. The fourth-order valence-corrected chi connectivity index (χ4v) is 3.37. The molecule has 122 valence electrons. The molecule has 0 saturated carbocycles. The summed E-state index contributed by atoms with van der Waals surface area (Å²) in [5.41, 5.74) is 5.01. The molecule has 6 nitrogen and oxygen atoms in total.